The normalized spacial score (nSPS) is 9.81. The number of aliphatic carboxylic acids is 1. The zero-order chi connectivity index (χ0) is 12.0. The van der Waals surface area contributed by atoms with Crippen LogP contribution < -0.4 is 5.32 Å². The van der Waals surface area contributed by atoms with Crippen molar-refractivity contribution in [2.75, 3.05) is 6.54 Å². The number of halogens is 1. The molecule has 86 valence electrons. The van der Waals surface area contributed by atoms with Crippen LogP contribution in [0.15, 0.2) is 18.3 Å². The van der Waals surface area contributed by atoms with Crippen LogP contribution in [0.3, 0.4) is 0 Å². The summed E-state index contributed by atoms with van der Waals surface area (Å²) in [4.78, 5) is 24.9. The Morgan fingerprint density at radius 3 is 2.75 bits per heavy atom. The third-order valence-corrected chi connectivity index (χ3v) is 1.84. The van der Waals surface area contributed by atoms with Crippen LogP contribution in [0.25, 0.3) is 0 Å². The van der Waals surface area contributed by atoms with Gasteiger partial charge in [-0.2, -0.15) is 4.39 Å². The fourth-order valence-corrected chi connectivity index (χ4v) is 1.05. The van der Waals surface area contributed by atoms with Crippen molar-refractivity contribution in [1.29, 1.82) is 0 Å². The predicted octanol–water partition coefficient (Wildman–Crippen LogP) is 0.815. The summed E-state index contributed by atoms with van der Waals surface area (Å²) in [5.74, 6) is -1.95. The second-order valence-electron chi connectivity index (χ2n) is 3.12. The fraction of sp³-hybridized carbons (Fsp3) is 0.300. The molecule has 0 radical (unpaired) electrons. The molecule has 1 heterocycles. The highest BCUT2D eigenvalue weighted by molar-refractivity contribution is 5.93. The van der Waals surface area contributed by atoms with Gasteiger partial charge in [0.15, 0.2) is 0 Å². The Labute approximate surface area is 91.3 Å². The van der Waals surface area contributed by atoms with Gasteiger partial charge < -0.3 is 10.4 Å². The third-order valence-electron chi connectivity index (χ3n) is 1.84. The number of aromatic nitrogens is 1. The number of hydrogen-bond donors (Lipinski definition) is 2. The summed E-state index contributed by atoms with van der Waals surface area (Å²) < 4.78 is 12.4. The van der Waals surface area contributed by atoms with Crippen LogP contribution in [0.4, 0.5) is 4.39 Å². The average Bonchev–Trinajstić information content (AvgIpc) is 2.25. The van der Waals surface area contributed by atoms with Gasteiger partial charge in [0.25, 0.3) is 5.91 Å². The Morgan fingerprint density at radius 2 is 2.19 bits per heavy atom. The van der Waals surface area contributed by atoms with E-state index in [-0.39, 0.29) is 18.5 Å². The molecule has 1 aromatic rings. The Morgan fingerprint density at radius 1 is 1.44 bits per heavy atom. The molecule has 0 aliphatic heterocycles. The molecule has 0 aromatic carbocycles. The minimum Gasteiger partial charge on any atom is -0.481 e. The van der Waals surface area contributed by atoms with Crippen molar-refractivity contribution in [2.24, 2.45) is 0 Å². The standard InChI is InChI=1S/C10H11FN2O3/c11-8-4-3-7(6-13-8)10(16)12-5-1-2-9(14)15/h3-4,6H,1-2,5H2,(H,12,16)(H,14,15). The number of carbonyl (C=O) groups excluding carboxylic acids is 1. The highest BCUT2D eigenvalue weighted by Crippen LogP contribution is 1.98. The lowest BCUT2D eigenvalue weighted by molar-refractivity contribution is -0.137. The molecule has 0 unspecified atom stereocenters. The molecule has 1 amide bonds. The first kappa shape index (κ1) is 12.1. The smallest absolute Gasteiger partial charge is 0.303 e. The monoisotopic (exact) mass is 226 g/mol. The number of nitrogens with zero attached hydrogens (tertiary/aromatic N) is 1. The van der Waals surface area contributed by atoms with Gasteiger partial charge in [-0.25, -0.2) is 4.98 Å². The van der Waals surface area contributed by atoms with Crippen LogP contribution in [0.5, 0.6) is 0 Å². The molecule has 16 heavy (non-hydrogen) atoms. The Bertz CT molecular complexity index is 378. The van der Waals surface area contributed by atoms with Gasteiger partial charge in [-0.3, -0.25) is 9.59 Å². The summed E-state index contributed by atoms with van der Waals surface area (Å²) in [5, 5.41) is 10.9. The van der Waals surface area contributed by atoms with E-state index < -0.39 is 17.8 Å². The van der Waals surface area contributed by atoms with E-state index in [1.54, 1.807) is 0 Å². The van der Waals surface area contributed by atoms with Crippen molar-refractivity contribution in [3.05, 3.63) is 29.8 Å². The predicted molar refractivity (Wildman–Crippen MR) is 53.4 cm³/mol. The highest BCUT2D eigenvalue weighted by atomic mass is 19.1. The fourth-order valence-electron chi connectivity index (χ4n) is 1.05. The molecule has 0 saturated carbocycles. The van der Waals surface area contributed by atoms with Gasteiger partial charge in [0.1, 0.15) is 0 Å². The highest BCUT2D eigenvalue weighted by Gasteiger charge is 2.05. The first-order chi connectivity index (χ1) is 7.59. The van der Waals surface area contributed by atoms with Crippen molar-refractivity contribution < 1.29 is 19.1 Å². The molecule has 5 nitrogen and oxygen atoms in total. The quantitative estimate of drug-likeness (QED) is 0.575. The molecule has 2 N–H and O–H groups in total. The summed E-state index contributed by atoms with van der Waals surface area (Å²) in [6.45, 7) is 0.266. The largest absolute Gasteiger partial charge is 0.481 e. The topological polar surface area (TPSA) is 79.3 Å². The van der Waals surface area contributed by atoms with E-state index in [4.69, 9.17) is 5.11 Å². The maximum absolute atomic E-state index is 12.4. The second kappa shape index (κ2) is 5.79. The number of pyridine rings is 1. The van der Waals surface area contributed by atoms with Crippen LogP contribution >= 0.6 is 0 Å². The molecule has 0 aliphatic carbocycles. The summed E-state index contributed by atoms with van der Waals surface area (Å²) in [5.41, 5.74) is 0.247. The third kappa shape index (κ3) is 4.04. The van der Waals surface area contributed by atoms with Crippen molar-refractivity contribution in [3.63, 3.8) is 0 Å². The molecule has 0 atom stereocenters. The van der Waals surface area contributed by atoms with Crippen LogP contribution in [0, 0.1) is 5.95 Å². The van der Waals surface area contributed by atoms with Crippen LogP contribution in [0.2, 0.25) is 0 Å². The number of nitrogens with one attached hydrogen (secondary N) is 1. The van der Waals surface area contributed by atoms with E-state index >= 15 is 0 Å². The number of carboxylic acid groups (broad SMARTS) is 1. The minimum atomic E-state index is -0.905. The van der Waals surface area contributed by atoms with Gasteiger partial charge in [0.2, 0.25) is 5.95 Å². The van der Waals surface area contributed by atoms with Crippen LogP contribution in [-0.2, 0) is 4.79 Å². The minimum absolute atomic E-state index is 0.00193. The van der Waals surface area contributed by atoms with Crippen molar-refractivity contribution in [2.45, 2.75) is 12.8 Å². The van der Waals surface area contributed by atoms with Gasteiger partial charge in [0.05, 0.1) is 5.56 Å². The van der Waals surface area contributed by atoms with E-state index in [0.717, 1.165) is 12.3 Å². The molecule has 0 spiro atoms. The summed E-state index contributed by atoms with van der Waals surface area (Å²) in [7, 11) is 0. The Balaban J connectivity index is 2.35. The summed E-state index contributed by atoms with van der Waals surface area (Å²) in [6, 6.07) is 2.40. The molecule has 1 aromatic heterocycles. The summed E-state index contributed by atoms with van der Waals surface area (Å²) >= 11 is 0. The lowest BCUT2D eigenvalue weighted by Crippen LogP contribution is -2.25. The Kier molecular flexibility index (Phi) is 4.38. The maximum Gasteiger partial charge on any atom is 0.303 e. The number of amides is 1. The SMILES string of the molecule is O=C(O)CCCNC(=O)c1ccc(F)nc1. The molecule has 0 aliphatic rings. The van der Waals surface area contributed by atoms with Crippen molar-refractivity contribution in [3.8, 4) is 0 Å². The average molecular weight is 226 g/mol. The van der Waals surface area contributed by atoms with Gasteiger partial charge >= 0.3 is 5.97 Å². The van der Waals surface area contributed by atoms with E-state index in [1.807, 2.05) is 0 Å². The number of carbonyl (C=O) groups is 2. The maximum atomic E-state index is 12.4. The van der Waals surface area contributed by atoms with E-state index in [0.29, 0.717) is 6.42 Å². The molecule has 6 heteroatoms. The van der Waals surface area contributed by atoms with E-state index in [2.05, 4.69) is 10.3 Å². The van der Waals surface area contributed by atoms with Gasteiger partial charge in [-0.05, 0) is 18.6 Å². The van der Waals surface area contributed by atoms with Gasteiger partial charge in [-0.1, -0.05) is 0 Å². The number of hydrogen-bond acceptors (Lipinski definition) is 3. The second-order valence-corrected chi connectivity index (χ2v) is 3.12. The molecule has 1 rings (SSSR count). The molecule has 0 bridgehead atoms. The van der Waals surface area contributed by atoms with Gasteiger partial charge in [0, 0.05) is 19.2 Å². The zero-order valence-corrected chi connectivity index (χ0v) is 8.44. The molecular weight excluding hydrogens is 215 g/mol. The van der Waals surface area contributed by atoms with Crippen molar-refractivity contribution in [1.82, 2.24) is 10.3 Å². The summed E-state index contributed by atoms with van der Waals surface area (Å²) in [6.07, 6.45) is 1.49. The molecular formula is C10H11FN2O3. The van der Waals surface area contributed by atoms with Crippen LogP contribution in [-0.4, -0.2) is 28.5 Å². The Hall–Kier alpha value is -1.98. The first-order valence-corrected chi connectivity index (χ1v) is 4.71. The van der Waals surface area contributed by atoms with Crippen LogP contribution in [0.1, 0.15) is 23.2 Å². The lowest BCUT2D eigenvalue weighted by atomic mass is 10.2. The van der Waals surface area contributed by atoms with E-state index in [1.165, 1.54) is 6.07 Å². The first-order valence-electron chi connectivity index (χ1n) is 4.71. The van der Waals surface area contributed by atoms with E-state index in [9.17, 15) is 14.0 Å². The molecule has 0 saturated heterocycles. The lowest BCUT2D eigenvalue weighted by Gasteiger charge is -2.03. The van der Waals surface area contributed by atoms with Gasteiger partial charge in [-0.15, -0.1) is 0 Å². The molecule has 0 fully saturated rings. The zero-order valence-electron chi connectivity index (χ0n) is 8.44. The number of carboxylic acids is 1. The van der Waals surface area contributed by atoms with Crippen molar-refractivity contribution >= 4 is 11.9 Å². The number of rotatable bonds is 5.